The fraction of sp³-hybridized carbons (Fsp3) is 0.200. The number of rotatable bonds is 3. The number of nitrogens with two attached hydrogens (primary N) is 1. The van der Waals surface area contributed by atoms with Crippen molar-refractivity contribution in [3.05, 3.63) is 69.2 Å². The van der Waals surface area contributed by atoms with E-state index < -0.39 is 17.2 Å². The standard InChI is InChI=1S/C15H13Cl2F2N/c1-15(20,10-4-12(18)7-13(19)5-10)8-9-2-3-11(16)6-14(9)17/h2-7H,8,20H2,1H3. The van der Waals surface area contributed by atoms with Crippen molar-refractivity contribution in [1.82, 2.24) is 0 Å². The molecule has 2 N–H and O–H groups in total. The Morgan fingerprint density at radius 2 is 1.65 bits per heavy atom. The molecule has 2 aromatic carbocycles. The lowest BCUT2D eigenvalue weighted by Crippen LogP contribution is -2.35. The molecule has 0 aliphatic rings. The Balaban J connectivity index is 2.34. The topological polar surface area (TPSA) is 26.0 Å². The van der Waals surface area contributed by atoms with E-state index in [1.807, 2.05) is 0 Å². The van der Waals surface area contributed by atoms with Crippen molar-refractivity contribution in [2.45, 2.75) is 18.9 Å². The third-order valence-electron chi connectivity index (χ3n) is 3.09. The third-order valence-corrected chi connectivity index (χ3v) is 3.68. The SMILES string of the molecule is CC(N)(Cc1ccc(Cl)cc1Cl)c1cc(F)cc(F)c1. The molecule has 0 saturated carbocycles. The summed E-state index contributed by atoms with van der Waals surface area (Å²) in [5.41, 5.74) is 6.39. The van der Waals surface area contributed by atoms with Crippen molar-refractivity contribution >= 4 is 23.2 Å². The van der Waals surface area contributed by atoms with Crippen LogP contribution in [0.25, 0.3) is 0 Å². The minimum absolute atomic E-state index is 0.339. The molecule has 0 fully saturated rings. The van der Waals surface area contributed by atoms with Crippen LogP contribution in [0.1, 0.15) is 18.1 Å². The summed E-state index contributed by atoms with van der Waals surface area (Å²) in [5.74, 6) is -1.31. The molecular weight excluding hydrogens is 303 g/mol. The number of halogens is 4. The van der Waals surface area contributed by atoms with E-state index in [0.29, 0.717) is 22.0 Å². The molecule has 0 bridgehead atoms. The van der Waals surface area contributed by atoms with Gasteiger partial charge in [0.05, 0.1) is 0 Å². The van der Waals surface area contributed by atoms with Crippen molar-refractivity contribution in [1.29, 1.82) is 0 Å². The first kappa shape index (κ1) is 15.2. The molecule has 0 spiro atoms. The van der Waals surface area contributed by atoms with Crippen LogP contribution in [0.4, 0.5) is 8.78 Å². The first-order valence-electron chi connectivity index (χ1n) is 5.97. The normalized spacial score (nSPS) is 14.1. The van der Waals surface area contributed by atoms with Gasteiger partial charge in [-0.25, -0.2) is 8.78 Å². The first-order chi connectivity index (χ1) is 9.28. The zero-order valence-corrected chi connectivity index (χ0v) is 12.3. The predicted molar refractivity (Wildman–Crippen MR) is 78.1 cm³/mol. The van der Waals surface area contributed by atoms with Gasteiger partial charge in [-0.2, -0.15) is 0 Å². The quantitative estimate of drug-likeness (QED) is 0.873. The van der Waals surface area contributed by atoms with Gasteiger partial charge < -0.3 is 5.73 Å². The number of benzene rings is 2. The zero-order chi connectivity index (χ0) is 14.9. The molecule has 106 valence electrons. The van der Waals surface area contributed by atoms with E-state index >= 15 is 0 Å². The van der Waals surface area contributed by atoms with Gasteiger partial charge in [0.1, 0.15) is 11.6 Å². The number of hydrogen-bond acceptors (Lipinski definition) is 1. The molecule has 0 saturated heterocycles. The monoisotopic (exact) mass is 315 g/mol. The Hall–Kier alpha value is -1.16. The Bertz CT molecular complexity index is 622. The molecule has 2 aromatic rings. The predicted octanol–water partition coefficient (Wildman–Crippen LogP) is 4.69. The highest BCUT2D eigenvalue weighted by atomic mass is 35.5. The fourth-order valence-corrected chi connectivity index (χ4v) is 2.52. The molecule has 0 radical (unpaired) electrons. The van der Waals surface area contributed by atoms with Crippen molar-refractivity contribution in [2.75, 3.05) is 0 Å². The average molecular weight is 316 g/mol. The summed E-state index contributed by atoms with van der Waals surface area (Å²) in [4.78, 5) is 0. The van der Waals surface area contributed by atoms with Gasteiger partial charge >= 0.3 is 0 Å². The largest absolute Gasteiger partial charge is 0.321 e. The summed E-state index contributed by atoms with van der Waals surface area (Å²) in [6, 6.07) is 8.34. The second-order valence-electron chi connectivity index (χ2n) is 4.99. The molecule has 0 aliphatic carbocycles. The third kappa shape index (κ3) is 3.48. The van der Waals surface area contributed by atoms with E-state index in [1.165, 1.54) is 12.1 Å². The lowest BCUT2D eigenvalue weighted by Gasteiger charge is -2.26. The van der Waals surface area contributed by atoms with Crippen LogP contribution < -0.4 is 5.73 Å². The van der Waals surface area contributed by atoms with Crippen LogP contribution in [-0.4, -0.2) is 0 Å². The lowest BCUT2D eigenvalue weighted by atomic mass is 9.86. The van der Waals surface area contributed by atoms with Crippen molar-refractivity contribution in [3.63, 3.8) is 0 Å². The van der Waals surface area contributed by atoms with E-state index in [1.54, 1.807) is 25.1 Å². The van der Waals surface area contributed by atoms with E-state index in [4.69, 9.17) is 28.9 Å². The molecular formula is C15H13Cl2F2N. The van der Waals surface area contributed by atoms with Gasteiger partial charge in [-0.1, -0.05) is 29.3 Å². The van der Waals surface area contributed by atoms with Crippen LogP contribution in [-0.2, 0) is 12.0 Å². The van der Waals surface area contributed by atoms with E-state index in [9.17, 15) is 8.78 Å². The van der Waals surface area contributed by atoms with Crippen LogP contribution in [0, 0.1) is 11.6 Å². The molecule has 1 nitrogen and oxygen atoms in total. The van der Waals surface area contributed by atoms with Crippen LogP contribution >= 0.6 is 23.2 Å². The summed E-state index contributed by atoms with van der Waals surface area (Å²) in [6.45, 7) is 1.70. The van der Waals surface area contributed by atoms with Crippen molar-refractivity contribution in [2.24, 2.45) is 5.73 Å². The Labute approximate surface area is 126 Å². The Morgan fingerprint density at radius 3 is 2.20 bits per heavy atom. The molecule has 0 amide bonds. The van der Waals surface area contributed by atoms with Gasteiger partial charge in [-0.3, -0.25) is 0 Å². The molecule has 1 unspecified atom stereocenters. The minimum atomic E-state index is -0.944. The summed E-state index contributed by atoms with van der Waals surface area (Å²) < 4.78 is 26.6. The maximum absolute atomic E-state index is 13.3. The maximum Gasteiger partial charge on any atom is 0.126 e. The molecule has 2 rings (SSSR count). The van der Waals surface area contributed by atoms with Crippen LogP contribution in [0.5, 0.6) is 0 Å². The summed E-state index contributed by atoms with van der Waals surface area (Å²) in [6.07, 6.45) is 0.339. The van der Waals surface area contributed by atoms with Crippen molar-refractivity contribution in [3.8, 4) is 0 Å². The molecule has 0 heterocycles. The van der Waals surface area contributed by atoms with Gasteiger partial charge in [0.25, 0.3) is 0 Å². The number of hydrogen-bond donors (Lipinski definition) is 1. The lowest BCUT2D eigenvalue weighted by molar-refractivity contribution is 0.478. The zero-order valence-electron chi connectivity index (χ0n) is 10.8. The summed E-state index contributed by atoms with van der Waals surface area (Å²) in [5, 5.41) is 1.00. The fourth-order valence-electron chi connectivity index (χ4n) is 2.05. The van der Waals surface area contributed by atoms with Gasteiger partial charge in [0, 0.05) is 21.7 Å². The van der Waals surface area contributed by atoms with E-state index in [0.717, 1.165) is 11.6 Å². The average Bonchev–Trinajstić information content (AvgIpc) is 2.31. The highest BCUT2D eigenvalue weighted by Crippen LogP contribution is 2.29. The summed E-state index contributed by atoms with van der Waals surface area (Å²) in [7, 11) is 0. The summed E-state index contributed by atoms with van der Waals surface area (Å²) >= 11 is 11.9. The Kier molecular flexibility index (Phi) is 4.33. The molecule has 0 aliphatic heterocycles. The van der Waals surface area contributed by atoms with E-state index in [-0.39, 0.29) is 0 Å². The molecule has 5 heteroatoms. The van der Waals surface area contributed by atoms with Gasteiger partial charge in [0.2, 0.25) is 0 Å². The second kappa shape index (κ2) is 5.68. The minimum Gasteiger partial charge on any atom is -0.321 e. The van der Waals surface area contributed by atoms with Crippen LogP contribution in [0.2, 0.25) is 10.0 Å². The smallest absolute Gasteiger partial charge is 0.126 e. The highest BCUT2D eigenvalue weighted by molar-refractivity contribution is 6.35. The van der Waals surface area contributed by atoms with Crippen molar-refractivity contribution < 1.29 is 8.78 Å². The highest BCUT2D eigenvalue weighted by Gasteiger charge is 2.24. The van der Waals surface area contributed by atoms with E-state index in [2.05, 4.69) is 0 Å². The van der Waals surface area contributed by atoms with Gasteiger partial charge in [0.15, 0.2) is 0 Å². The molecule has 0 aromatic heterocycles. The van der Waals surface area contributed by atoms with Crippen LogP contribution in [0.15, 0.2) is 36.4 Å². The molecule has 1 atom stereocenters. The van der Waals surface area contributed by atoms with Crippen LogP contribution in [0.3, 0.4) is 0 Å². The van der Waals surface area contributed by atoms with Gasteiger partial charge in [-0.15, -0.1) is 0 Å². The van der Waals surface area contributed by atoms with Gasteiger partial charge in [-0.05, 0) is 48.7 Å². The Morgan fingerprint density at radius 1 is 1.05 bits per heavy atom. The first-order valence-corrected chi connectivity index (χ1v) is 6.73. The molecule has 20 heavy (non-hydrogen) atoms. The second-order valence-corrected chi connectivity index (χ2v) is 5.83. The maximum atomic E-state index is 13.3.